The molecule has 1 aromatic rings. The Morgan fingerprint density at radius 3 is 2.41 bits per heavy atom. The highest BCUT2D eigenvalue weighted by Crippen LogP contribution is 2.33. The molecule has 0 aromatic heterocycles. The summed E-state index contributed by atoms with van der Waals surface area (Å²) in [7, 11) is 1.35. The SMILES string of the molecule is COC(=O)C1(N2CCCCC2=O)CCN(C(=O)OCc2ccccc2)CC1. The summed E-state index contributed by atoms with van der Waals surface area (Å²) in [6.07, 6.45) is 2.53. The monoisotopic (exact) mass is 374 g/mol. The predicted octanol–water partition coefficient (Wildman–Crippen LogP) is 2.34. The van der Waals surface area contributed by atoms with Crippen LogP contribution in [0.3, 0.4) is 0 Å². The first-order valence-electron chi connectivity index (χ1n) is 9.41. The zero-order chi connectivity index (χ0) is 19.3. The normalized spacial score (nSPS) is 19.5. The van der Waals surface area contributed by atoms with Crippen molar-refractivity contribution in [1.29, 1.82) is 0 Å². The van der Waals surface area contributed by atoms with Gasteiger partial charge in [-0.2, -0.15) is 0 Å². The van der Waals surface area contributed by atoms with Crippen LogP contribution in [-0.2, 0) is 25.7 Å². The van der Waals surface area contributed by atoms with Crippen molar-refractivity contribution in [3.8, 4) is 0 Å². The average Bonchev–Trinajstić information content (AvgIpc) is 2.72. The Kier molecular flexibility index (Phi) is 5.98. The van der Waals surface area contributed by atoms with Crippen molar-refractivity contribution < 1.29 is 23.9 Å². The fourth-order valence-electron chi connectivity index (χ4n) is 3.90. The number of nitrogens with zero attached hydrogens (tertiary/aromatic N) is 2. The molecule has 2 aliphatic rings. The molecule has 2 amide bonds. The molecule has 0 bridgehead atoms. The molecule has 0 atom stereocenters. The van der Waals surface area contributed by atoms with Crippen LogP contribution >= 0.6 is 0 Å². The molecule has 7 heteroatoms. The number of piperidine rings is 2. The second-order valence-corrected chi connectivity index (χ2v) is 7.05. The van der Waals surface area contributed by atoms with E-state index in [0.29, 0.717) is 38.9 Å². The molecule has 0 N–H and O–H groups in total. The van der Waals surface area contributed by atoms with Gasteiger partial charge in [-0.15, -0.1) is 0 Å². The Morgan fingerprint density at radius 1 is 1.07 bits per heavy atom. The summed E-state index contributed by atoms with van der Waals surface area (Å²) >= 11 is 0. The Bertz CT molecular complexity index is 683. The molecular formula is C20H26N2O5. The summed E-state index contributed by atoms with van der Waals surface area (Å²) in [4.78, 5) is 40.6. The first kappa shape index (κ1) is 19.2. The van der Waals surface area contributed by atoms with E-state index >= 15 is 0 Å². The lowest BCUT2D eigenvalue weighted by atomic mass is 9.84. The zero-order valence-electron chi connectivity index (χ0n) is 15.7. The highest BCUT2D eigenvalue weighted by atomic mass is 16.6. The van der Waals surface area contributed by atoms with Crippen molar-refractivity contribution in [2.75, 3.05) is 26.7 Å². The maximum atomic E-state index is 12.6. The van der Waals surface area contributed by atoms with Crippen molar-refractivity contribution in [3.63, 3.8) is 0 Å². The van der Waals surface area contributed by atoms with Gasteiger partial charge in [0.2, 0.25) is 5.91 Å². The highest BCUT2D eigenvalue weighted by molar-refractivity contribution is 5.89. The van der Waals surface area contributed by atoms with Crippen LogP contribution in [0.4, 0.5) is 4.79 Å². The predicted molar refractivity (Wildman–Crippen MR) is 97.7 cm³/mol. The van der Waals surface area contributed by atoms with Crippen LogP contribution in [0, 0.1) is 0 Å². The van der Waals surface area contributed by atoms with Gasteiger partial charge in [-0.25, -0.2) is 9.59 Å². The molecule has 0 spiro atoms. The number of ether oxygens (including phenoxy) is 2. The number of likely N-dealkylation sites (tertiary alicyclic amines) is 2. The third-order valence-electron chi connectivity index (χ3n) is 5.46. The first-order chi connectivity index (χ1) is 13.1. The molecule has 0 aliphatic carbocycles. The van der Waals surface area contributed by atoms with Crippen LogP contribution in [0.2, 0.25) is 0 Å². The minimum absolute atomic E-state index is 0.00764. The van der Waals surface area contributed by atoms with E-state index < -0.39 is 17.6 Å². The summed E-state index contributed by atoms with van der Waals surface area (Å²) in [6.45, 7) is 1.48. The molecule has 27 heavy (non-hydrogen) atoms. The van der Waals surface area contributed by atoms with Gasteiger partial charge >= 0.3 is 12.1 Å². The van der Waals surface area contributed by atoms with Gasteiger partial charge in [0.15, 0.2) is 0 Å². The van der Waals surface area contributed by atoms with Crippen LogP contribution in [0.1, 0.15) is 37.7 Å². The van der Waals surface area contributed by atoms with Crippen molar-refractivity contribution in [2.24, 2.45) is 0 Å². The van der Waals surface area contributed by atoms with Crippen LogP contribution in [-0.4, -0.2) is 60.1 Å². The van der Waals surface area contributed by atoms with Crippen molar-refractivity contribution >= 4 is 18.0 Å². The Labute approximate surface area is 159 Å². The molecule has 0 radical (unpaired) electrons. The second-order valence-electron chi connectivity index (χ2n) is 7.05. The fraction of sp³-hybridized carbons (Fsp3) is 0.550. The summed E-state index contributed by atoms with van der Waals surface area (Å²) in [5.41, 5.74) is -0.0479. The van der Waals surface area contributed by atoms with Gasteiger partial charge in [0.1, 0.15) is 12.1 Å². The lowest BCUT2D eigenvalue weighted by Gasteiger charge is -2.47. The lowest BCUT2D eigenvalue weighted by Crippen LogP contribution is -2.63. The number of methoxy groups -OCH3 is 1. The summed E-state index contributed by atoms with van der Waals surface area (Å²) in [5, 5.41) is 0. The largest absolute Gasteiger partial charge is 0.467 e. The van der Waals surface area contributed by atoms with Crippen molar-refractivity contribution in [2.45, 2.75) is 44.2 Å². The minimum Gasteiger partial charge on any atom is -0.467 e. The van der Waals surface area contributed by atoms with E-state index in [1.807, 2.05) is 30.3 Å². The van der Waals surface area contributed by atoms with Crippen LogP contribution < -0.4 is 0 Å². The smallest absolute Gasteiger partial charge is 0.410 e. The maximum Gasteiger partial charge on any atom is 0.410 e. The van der Waals surface area contributed by atoms with Gasteiger partial charge in [0.25, 0.3) is 0 Å². The van der Waals surface area contributed by atoms with E-state index in [0.717, 1.165) is 18.4 Å². The van der Waals surface area contributed by atoms with Crippen LogP contribution in [0.15, 0.2) is 30.3 Å². The number of amides is 2. The molecule has 2 saturated heterocycles. The first-order valence-corrected chi connectivity index (χ1v) is 9.41. The summed E-state index contributed by atoms with van der Waals surface area (Å²) in [5.74, 6) is -0.401. The average molecular weight is 374 g/mol. The highest BCUT2D eigenvalue weighted by Gasteiger charge is 2.50. The van der Waals surface area contributed by atoms with Gasteiger partial charge < -0.3 is 19.3 Å². The number of carbonyl (C=O) groups excluding carboxylic acids is 3. The topological polar surface area (TPSA) is 76.2 Å². The third kappa shape index (κ3) is 4.07. The molecule has 7 nitrogen and oxygen atoms in total. The van der Waals surface area contributed by atoms with Gasteiger partial charge in [0, 0.05) is 26.1 Å². The van der Waals surface area contributed by atoms with Gasteiger partial charge in [0.05, 0.1) is 7.11 Å². The molecule has 0 unspecified atom stereocenters. The number of esters is 1. The third-order valence-corrected chi connectivity index (χ3v) is 5.46. The Hall–Kier alpha value is -2.57. The van der Waals surface area contributed by atoms with E-state index in [9.17, 15) is 14.4 Å². The molecule has 2 aliphatic heterocycles. The van der Waals surface area contributed by atoms with Gasteiger partial charge in [-0.1, -0.05) is 30.3 Å². The number of rotatable bonds is 4. The number of benzene rings is 1. The van der Waals surface area contributed by atoms with E-state index in [-0.39, 0.29) is 12.5 Å². The standard InChI is InChI=1S/C20H26N2O5/c1-26-18(24)20(22-12-6-5-9-17(22)23)10-13-21(14-11-20)19(25)27-15-16-7-3-2-4-8-16/h2-4,7-8H,5-6,9-15H2,1H3. The van der Waals surface area contributed by atoms with Crippen molar-refractivity contribution in [3.05, 3.63) is 35.9 Å². The zero-order valence-corrected chi connectivity index (χ0v) is 15.7. The van der Waals surface area contributed by atoms with Gasteiger partial charge in [-0.3, -0.25) is 4.79 Å². The molecule has 2 heterocycles. The van der Waals surface area contributed by atoms with E-state index in [1.54, 1.807) is 9.80 Å². The second kappa shape index (κ2) is 8.41. The Balaban J connectivity index is 1.62. The van der Waals surface area contributed by atoms with Crippen molar-refractivity contribution in [1.82, 2.24) is 9.80 Å². The number of hydrogen-bond donors (Lipinski definition) is 0. The fourth-order valence-corrected chi connectivity index (χ4v) is 3.90. The van der Waals surface area contributed by atoms with E-state index in [4.69, 9.17) is 9.47 Å². The molecule has 2 fully saturated rings. The summed E-state index contributed by atoms with van der Waals surface area (Å²) in [6, 6.07) is 9.49. The van der Waals surface area contributed by atoms with Crippen LogP contribution in [0.5, 0.6) is 0 Å². The molecule has 1 aromatic carbocycles. The Morgan fingerprint density at radius 2 is 1.78 bits per heavy atom. The van der Waals surface area contributed by atoms with E-state index in [2.05, 4.69) is 0 Å². The van der Waals surface area contributed by atoms with E-state index in [1.165, 1.54) is 7.11 Å². The number of hydrogen-bond acceptors (Lipinski definition) is 5. The molecule has 3 rings (SSSR count). The quantitative estimate of drug-likeness (QED) is 0.756. The maximum absolute atomic E-state index is 12.6. The summed E-state index contributed by atoms with van der Waals surface area (Å²) < 4.78 is 10.4. The van der Waals surface area contributed by atoms with Crippen LogP contribution in [0.25, 0.3) is 0 Å². The van der Waals surface area contributed by atoms with Gasteiger partial charge in [-0.05, 0) is 31.2 Å². The molecule has 146 valence electrons. The minimum atomic E-state index is -0.970. The lowest BCUT2D eigenvalue weighted by molar-refractivity contribution is -0.167. The molecule has 0 saturated carbocycles. The number of carbonyl (C=O) groups is 3. The molecular weight excluding hydrogens is 348 g/mol.